The van der Waals surface area contributed by atoms with Gasteiger partial charge in [0.25, 0.3) is 0 Å². The molecule has 106 valence electrons. The van der Waals surface area contributed by atoms with Crippen LogP contribution in [0.3, 0.4) is 0 Å². The van der Waals surface area contributed by atoms with E-state index in [0.29, 0.717) is 18.9 Å². The maximum atomic E-state index is 10.2. The van der Waals surface area contributed by atoms with Gasteiger partial charge >= 0.3 is 0 Å². The second kappa shape index (κ2) is 6.92. The molecule has 1 aliphatic rings. The molecule has 1 heterocycles. The van der Waals surface area contributed by atoms with Gasteiger partial charge in [0, 0.05) is 13.0 Å². The number of aliphatic hydroxyl groups excluding tert-OH is 1. The number of ether oxygens (including phenoxy) is 1. The Hall–Kier alpha value is -1.06. The van der Waals surface area contributed by atoms with Crippen molar-refractivity contribution in [2.45, 2.75) is 39.2 Å². The molecule has 0 spiro atoms. The van der Waals surface area contributed by atoms with Gasteiger partial charge in [0.1, 0.15) is 5.75 Å². The zero-order valence-corrected chi connectivity index (χ0v) is 12.0. The summed E-state index contributed by atoms with van der Waals surface area (Å²) in [6.07, 6.45) is 2.75. The van der Waals surface area contributed by atoms with E-state index >= 15 is 0 Å². The first-order valence-corrected chi connectivity index (χ1v) is 7.26. The van der Waals surface area contributed by atoms with Crippen LogP contribution in [0.25, 0.3) is 0 Å². The highest BCUT2D eigenvalue weighted by molar-refractivity contribution is 5.38. The molecule has 1 fully saturated rings. The van der Waals surface area contributed by atoms with Crippen molar-refractivity contribution < 1.29 is 9.84 Å². The molecule has 2 rings (SSSR count). The summed E-state index contributed by atoms with van der Waals surface area (Å²) in [4.78, 5) is 0. The van der Waals surface area contributed by atoms with Crippen LogP contribution in [-0.2, 0) is 0 Å². The van der Waals surface area contributed by atoms with Crippen LogP contribution in [0.2, 0.25) is 0 Å². The van der Waals surface area contributed by atoms with Gasteiger partial charge in [-0.05, 0) is 56.3 Å². The van der Waals surface area contributed by atoms with E-state index in [1.165, 1.54) is 17.5 Å². The molecular weight excluding hydrogens is 238 g/mol. The van der Waals surface area contributed by atoms with Gasteiger partial charge in [0.05, 0.1) is 12.7 Å². The van der Waals surface area contributed by atoms with Gasteiger partial charge in [-0.3, -0.25) is 0 Å². The maximum absolute atomic E-state index is 10.2. The molecule has 19 heavy (non-hydrogen) atoms. The van der Waals surface area contributed by atoms with Gasteiger partial charge < -0.3 is 15.2 Å². The topological polar surface area (TPSA) is 41.5 Å². The number of benzene rings is 1. The zero-order chi connectivity index (χ0) is 13.7. The summed E-state index contributed by atoms with van der Waals surface area (Å²) in [6, 6.07) is 6.10. The molecule has 0 radical (unpaired) electrons. The van der Waals surface area contributed by atoms with Crippen LogP contribution in [0.15, 0.2) is 18.2 Å². The van der Waals surface area contributed by atoms with Gasteiger partial charge in [-0.15, -0.1) is 0 Å². The van der Waals surface area contributed by atoms with Crippen molar-refractivity contribution in [2.24, 2.45) is 5.92 Å². The fraction of sp³-hybridized carbons (Fsp3) is 0.625. The third-order valence-corrected chi connectivity index (χ3v) is 4.11. The molecule has 0 amide bonds. The van der Waals surface area contributed by atoms with Crippen LogP contribution in [0.1, 0.15) is 30.4 Å². The highest BCUT2D eigenvalue weighted by Gasteiger charge is 2.21. The number of piperidine rings is 1. The fourth-order valence-corrected chi connectivity index (χ4v) is 2.61. The second-order valence-electron chi connectivity index (χ2n) is 5.51. The number of aliphatic hydroxyl groups is 1. The molecule has 1 aromatic carbocycles. The quantitative estimate of drug-likeness (QED) is 0.857. The highest BCUT2D eigenvalue weighted by Crippen LogP contribution is 2.22. The van der Waals surface area contributed by atoms with E-state index in [1.54, 1.807) is 0 Å². The first-order valence-electron chi connectivity index (χ1n) is 7.26. The van der Waals surface area contributed by atoms with E-state index in [9.17, 15) is 5.11 Å². The minimum Gasteiger partial charge on any atom is -0.493 e. The number of hydrogen-bond acceptors (Lipinski definition) is 3. The van der Waals surface area contributed by atoms with Crippen molar-refractivity contribution in [1.29, 1.82) is 0 Å². The van der Waals surface area contributed by atoms with Crippen molar-refractivity contribution in [3.8, 4) is 5.75 Å². The van der Waals surface area contributed by atoms with Crippen molar-refractivity contribution in [3.05, 3.63) is 29.3 Å². The Kier molecular flexibility index (Phi) is 5.23. The Morgan fingerprint density at radius 1 is 1.42 bits per heavy atom. The third-order valence-electron chi connectivity index (χ3n) is 4.11. The van der Waals surface area contributed by atoms with Crippen molar-refractivity contribution in [2.75, 3.05) is 19.7 Å². The van der Waals surface area contributed by atoms with Crippen molar-refractivity contribution in [3.63, 3.8) is 0 Å². The normalized spacial score (nSPS) is 21.1. The van der Waals surface area contributed by atoms with Crippen LogP contribution in [0, 0.1) is 19.8 Å². The third kappa shape index (κ3) is 3.95. The van der Waals surface area contributed by atoms with Crippen LogP contribution < -0.4 is 10.1 Å². The van der Waals surface area contributed by atoms with Crippen molar-refractivity contribution in [1.82, 2.24) is 5.32 Å². The zero-order valence-electron chi connectivity index (χ0n) is 12.0. The molecule has 1 aromatic rings. The van der Waals surface area contributed by atoms with Gasteiger partial charge in [-0.2, -0.15) is 0 Å². The first-order chi connectivity index (χ1) is 9.18. The summed E-state index contributed by atoms with van der Waals surface area (Å²) >= 11 is 0. The van der Waals surface area contributed by atoms with E-state index in [-0.39, 0.29) is 6.10 Å². The van der Waals surface area contributed by atoms with Crippen LogP contribution >= 0.6 is 0 Å². The lowest BCUT2D eigenvalue weighted by molar-refractivity contribution is 0.0701. The lowest BCUT2D eigenvalue weighted by atomic mass is 9.92. The number of rotatable bonds is 5. The molecule has 0 bridgehead atoms. The van der Waals surface area contributed by atoms with E-state index < -0.39 is 0 Å². The average Bonchev–Trinajstić information content (AvgIpc) is 2.44. The minimum absolute atomic E-state index is 0.252. The Morgan fingerprint density at radius 2 is 2.26 bits per heavy atom. The van der Waals surface area contributed by atoms with E-state index in [1.807, 2.05) is 12.1 Å². The Bertz CT molecular complexity index is 400. The number of nitrogens with one attached hydrogen (secondary N) is 1. The molecule has 2 N–H and O–H groups in total. The summed E-state index contributed by atoms with van der Waals surface area (Å²) in [5.74, 6) is 1.32. The standard InChI is InChI=1S/C16H25NO2/c1-12-5-3-7-16(13(12)2)19-10-8-15(18)14-6-4-9-17-11-14/h3,5,7,14-15,17-18H,4,6,8-11H2,1-2H3. The lowest BCUT2D eigenvalue weighted by Crippen LogP contribution is -2.37. The molecular formula is C16H25NO2. The molecule has 3 heteroatoms. The van der Waals surface area contributed by atoms with E-state index in [0.717, 1.165) is 25.3 Å². The Balaban J connectivity index is 1.78. The molecule has 2 unspecified atom stereocenters. The largest absolute Gasteiger partial charge is 0.493 e. The summed E-state index contributed by atoms with van der Waals surface area (Å²) in [5.41, 5.74) is 2.44. The van der Waals surface area contributed by atoms with Crippen LogP contribution in [-0.4, -0.2) is 30.9 Å². The molecule has 2 atom stereocenters. The first kappa shape index (κ1) is 14.4. The minimum atomic E-state index is -0.252. The van der Waals surface area contributed by atoms with Gasteiger partial charge in [-0.1, -0.05) is 12.1 Å². The molecule has 1 aliphatic heterocycles. The lowest BCUT2D eigenvalue weighted by Gasteiger charge is -2.27. The van der Waals surface area contributed by atoms with E-state index in [4.69, 9.17) is 4.74 Å². The molecule has 1 saturated heterocycles. The number of hydrogen-bond donors (Lipinski definition) is 2. The molecule has 0 saturated carbocycles. The summed E-state index contributed by atoms with van der Waals surface area (Å²) in [7, 11) is 0. The predicted molar refractivity (Wildman–Crippen MR) is 77.6 cm³/mol. The SMILES string of the molecule is Cc1cccc(OCCC(O)C2CCCNC2)c1C. The van der Waals surface area contributed by atoms with Crippen LogP contribution in [0.5, 0.6) is 5.75 Å². The molecule has 0 aliphatic carbocycles. The summed E-state index contributed by atoms with van der Waals surface area (Å²) in [6.45, 7) is 6.77. The Morgan fingerprint density at radius 3 is 3.00 bits per heavy atom. The van der Waals surface area contributed by atoms with Gasteiger partial charge in [0.2, 0.25) is 0 Å². The average molecular weight is 263 g/mol. The molecule has 3 nitrogen and oxygen atoms in total. The highest BCUT2D eigenvalue weighted by atomic mass is 16.5. The Labute approximate surface area is 116 Å². The molecule has 0 aromatic heterocycles. The number of aryl methyl sites for hydroxylation is 1. The smallest absolute Gasteiger partial charge is 0.122 e. The van der Waals surface area contributed by atoms with Gasteiger partial charge in [-0.25, -0.2) is 0 Å². The fourth-order valence-electron chi connectivity index (χ4n) is 2.61. The van der Waals surface area contributed by atoms with Crippen LogP contribution in [0.4, 0.5) is 0 Å². The summed E-state index contributed by atoms with van der Waals surface area (Å²) < 4.78 is 5.80. The summed E-state index contributed by atoms with van der Waals surface area (Å²) in [5, 5.41) is 13.5. The van der Waals surface area contributed by atoms with Crippen molar-refractivity contribution >= 4 is 0 Å². The van der Waals surface area contributed by atoms with Gasteiger partial charge in [0.15, 0.2) is 0 Å². The predicted octanol–water partition coefficient (Wildman–Crippen LogP) is 2.43. The monoisotopic (exact) mass is 263 g/mol. The maximum Gasteiger partial charge on any atom is 0.122 e. The second-order valence-corrected chi connectivity index (χ2v) is 5.51. The van der Waals surface area contributed by atoms with E-state index in [2.05, 4.69) is 25.2 Å².